The minimum Gasteiger partial charge on any atom is -0.342 e. The van der Waals surface area contributed by atoms with E-state index in [1.54, 1.807) is 0 Å². The average Bonchev–Trinajstić information content (AvgIpc) is 2.85. The molecule has 0 aromatic heterocycles. The van der Waals surface area contributed by atoms with Gasteiger partial charge in [0.15, 0.2) is 0 Å². The van der Waals surface area contributed by atoms with Crippen LogP contribution in [-0.2, 0) is 11.3 Å². The van der Waals surface area contributed by atoms with Gasteiger partial charge in [0, 0.05) is 26.2 Å². The molecule has 1 spiro atoms. The van der Waals surface area contributed by atoms with Crippen LogP contribution < -0.4 is 5.32 Å². The number of nitrogens with one attached hydrogen (secondary N) is 1. The molecule has 0 aliphatic carbocycles. The molecule has 2 aliphatic heterocycles. The zero-order valence-corrected chi connectivity index (χ0v) is 14.4. The molecule has 0 saturated carbocycles. The van der Waals surface area contributed by atoms with Crippen molar-refractivity contribution < 1.29 is 4.79 Å². The molecule has 1 amide bonds. The fourth-order valence-electron chi connectivity index (χ4n) is 3.80. The highest BCUT2D eigenvalue weighted by atomic mass is 16.2. The lowest BCUT2D eigenvalue weighted by molar-refractivity contribution is -0.129. The molecule has 0 atom stereocenters. The summed E-state index contributed by atoms with van der Waals surface area (Å²) in [6, 6.07) is 10.6. The Morgan fingerprint density at radius 1 is 1.17 bits per heavy atom. The van der Waals surface area contributed by atoms with Crippen molar-refractivity contribution in [1.82, 2.24) is 15.1 Å². The first-order valence-electron chi connectivity index (χ1n) is 8.90. The normalized spacial score (nSPS) is 22.0. The summed E-state index contributed by atoms with van der Waals surface area (Å²) in [5, 5.41) is 3.09. The predicted octanol–water partition coefficient (Wildman–Crippen LogP) is 2.46. The van der Waals surface area contributed by atoms with Gasteiger partial charge in [-0.15, -0.1) is 0 Å². The topological polar surface area (TPSA) is 35.6 Å². The molecule has 2 saturated heterocycles. The summed E-state index contributed by atoms with van der Waals surface area (Å²) < 4.78 is 0. The number of piperidine rings is 1. The van der Waals surface area contributed by atoms with Crippen molar-refractivity contribution in [3.8, 4) is 0 Å². The van der Waals surface area contributed by atoms with Crippen LogP contribution in [-0.4, -0.2) is 47.5 Å². The summed E-state index contributed by atoms with van der Waals surface area (Å²) in [6.45, 7) is 9.24. The van der Waals surface area contributed by atoms with Gasteiger partial charge >= 0.3 is 0 Å². The first-order valence-corrected chi connectivity index (χ1v) is 8.90. The third kappa shape index (κ3) is 3.59. The van der Waals surface area contributed by atoms with Crippen molar-refractivity contribution >= 4 is 5.91 Å². The minimum atomic E-state index is -0.248. The van der Waals surface area contributed by atoms with Crippen molar-refractivity contribution in [3.63, 3.8) is 0 Å². The molecule has 4 nitrogen and oxygen atoms in total. The van der Waals surface area contributed by atoms with Gasteiger partial charge in [-0.3, -0.25) is 14.6 Å². The Morgan fingerprint density at radius 3 is 2.52 bits per heavy atom. The molecular weight excluding hydrogens is 286 g/mol. The molecule has 2 heterocycles. The van der Waals surface area contributed by atoms with Crippen molar-refractivity contribution in [2.24, 2.45) is 5.92 Å². The van der Waals surface area contributed by atoms with E-state index in [-0.39, 0.29) is 11.4 Å². The van der Waals surface area contributed by atoms with Gasteiger partial charge in [-0.2, -0.15) is 0 Å². The van der Waals surface area contributed by atoms with Crippen molar-refractivity contribution in [3.05, 3.63) is 35.9 Å². The fourth-order valence-corrected chi connectivity index (χ4v) is 3.80. The molecule has 0 unspecified atom stereocenters. The van der Waals surface area contributed by atoms with Gasteiger partial charge < -0.3 is 5.32 Å². The Morgan fingerprint density at radius 2 is 1.87 bits per heavy atom. The van der Waals surface area contributed by atoms with E-state index < -0.39 is 0 Å². The maximum absolute atomic E-state index is 12.5. The number of benzene rings is 1. The van der Waals surface area contributed by atoms with Crippen molar-refractivity contribution in [2.75, 3.05) is 26.3 Å². The lowest BCUT2D eigenvalue weighted by atomic mass is 9.85. The second-order valence-corrected chi connectivity index (χ2v) is 7.40. The first kappa shape index (κ1) is 16.5. The molecule has 2 aliphatic rings. The average molecular weight is 315 g/mol. The zero-order valence-electron chi connectivity index (χ0n) is 14.4. The molecule has 0 bridgehead atoms. The standard InChI is InChI=1S/C19H29N3O/c1-16(2)8-11-22-15-20-18(23)19(22)9-12-21(13-10-19)14-17-6-4-3-5-7-17/h3-7,16H,8-15H2,1-2H3,(H,20,23). The molecular formula is C19H29N3O. The number of carbonyl (C=O) groups is 1. The van der Waals surface area contributed by atoms with Gasteiger partial charge in [0.1, 0.15) is 5.54 Å². The summed E-state index contributed by atoms with van der Waals surface area (Å²) in [5.74, 6) is 0.932. The second kappa shape index (κ2) is 7.02. The maximum atomic E-state index is 12.5. The predicted molar refractivity (Wildman–Crippen MR) is 92.9 cm³/mol. The van der Waals surface area contributed by atoms with E-state index in [0.29, 0.717) is 5.92 Å². The van der Waals surface area contributed by atoms with Crippen LogP contribution in [0.2, 0.25) is 0 Å². The number of rotatable bonds is 5. The maximum Gasteiger partial charge on any atom is 0.241 e. The number of hydrogen-bond acceptors (Lipinski definition) is 3. The fraction of sp³-hybridized carbons (Fsp3) is 0.632. The zero-order chi connectivity index (χ0) is 16.3. The van der Waals surface area contributed by atoms with Crippen LogP contribution in [0.5, 0.6) is 0 Å². The van der Waals surface area contributed by atoms with E-state index in [2.05, 4.69) is 59.3 Å². The highest BCUT2D eigenvalue weighted by Crippen LogP contribution is 2.33. The Balaban J connectivity index is 1.60. The number of likely N-dealkylation sites (tertiary alicyclic amines) is 1. The van der Waals surface area contributed by atoms with Gasteiger partial charge in [-0.1, -0.05) is 44.2 Å². The quantitative estimate of drug-likeness (QED) is 0.906. The minimum absolute atomic E-state index is 0.248. The van der Waals surface area contributed by atoms with E-state index in [1.807, 2.05) is 0 Å². The molecule has 3 rings (SSSR count). The number of nitrogens with zero attached hydrogens (tertiary/aromatic N) is 2. The van der Waals surface area contributed by atoms with Gasteiger partial charge in [-0.25, -0.2) is 0 Å². The Bertz CT molecular complexity index is 521. The summed E-state index contributed by atoms with van der Waals surface area (Å²) in [7, 11) is 0. The SMILES string of the molecule is CC(C)CCN1CNC(=O)C12CCN(Cc1ccccc1)CC2. The number of amides is 1. The highest BCUT2D eigenvalue weighted by Gasteiger charge is 2.49. The van der Waals surface area contributed by atoms with Crippen LogP contribution in [0.1, 0.15) is 38.7 Å². The molecule has 0 radical (unpaired) electrons. The Labute approximate surface area is 139 Å². The summed E-state index contributed by atoms with van der Waals surface area (Å²) in [5.41, 5.74) is 1.11. The lowest BCUT2D eigenvalue weighted by Gasteiger charge is -2.42. The number of carbonyl (C=O) groups excluding carboxylic acids is 1. The van der Waals surface area contributed by atoms with Crippen LogP contribution in [0.3, 0.4) is 0 Å². The molecule has 1 aromatic rings. The smallest absolute Gasteiger partial charge is 0.241 e. The van der Waals surface area contributed by atoms with Crippen molar-refractivity contribution in [1.29, 1.82) is 0 Å². The van der Waals surface area contributed by atoms with E-state index in [0.717, 1.165) is 52.1 Å². The lowest BCUT2D eigenvalue weighted by Crippen LogP contribution is -2.56. The Hall–Kier alpha value is -1.39. The third-order valence-corrected chi connectivity index (χ3v) is 5.37. The largest absolute Gasteiger partial charge is 0.342 e. The van der Waals surface area contributed by atoms with Crippen LogP contribution >= 0.6 is 0 Å². The van der Waals surface area contributed by atoms with Crippen LogP contribution in [0.4, 0.5) is 0 Å². The van der Waals surface area contributed by atoms with Crippen LogP contribution in [0.25, 0.3) is 0 Å². The summed E-state index contributed by atoms with van der Waals surface area (Å²) >= 11 is 0. The van der Waals surface area contributed by atoms with Gasteiger partial charge in [0.05, 0.1) is 6.67 Å². The van der Waals surface area contributed by atoms with Gasteiger partial charge in [0.25, 0.3) is 0 Å². The second-order valence-electron chi connectivity index (χ2n) is 7.40. The van der Waals surface area contributed by atoms with Crippen LogP contribution in [0, 0.1) is 5.92 Å². The van der Waals surface area contributed by atoms with Gasteiger partial charge in [0.2, 0.25) is 5.91 Å². The molecule has 4 heteroatoms. The molecule has 23 heavy (non-hydrogen) atoms. The summed E-state index contributed by atoms with van der Waals surface area (Å²) in [4.78, 5) is 17.4. The van der Waals surface area contributed by atoms with Crippen LogP contribution in [0.15, 0.2) is 30.3 Å². The van der Waals surface area contributed by atoms with Gasteiger partial charge in [-0.05, 0) is 30.7 Å². The molecule has 1 aromatic carbocycles. The third-order valence-electron chi connectivity index (χ3n) is 5.37. The summed E-state index contributed by atoms with van der Waals surface area (Å²) in [6.07, 6.45) is 3.05. The Kier molecular flexibility index (Phi) is 5.02. The van der Waals surface area contributed by atoms with E-state index in [4.69, 9.17) is 0 Å². The number of hydrogen-bond donors (Lipinski definition) is 1. The first-order chi connectivity index (χ1) is 11.1. The van der Waals surface area contributed by atoms with E-state index in [1.165, 1.54) is 5.56 Å². The molecule has 126 valence electrons. The highest BCUT2D eigenvalue weighted by molar-refractivity contribution is 5.88. The monoisotopic (exact) mass is 315 g/mol. The van der Waals surface area contributed by atoms with E-state index in [9.17, 15) is 4.79 Å². The van der Waals surface area contributed by atoms with E-state index >= 15 is 0 Å². The molecule has 1 N–H and O–H groups in total. The molecule has 2 fully saturated rings. The van der Waals surface area contributed by atoms with Crippen molar-refractivity contribution in [2.45, 2.75) is 45.2 Å².